The van der Waals surface area contributed by atoms with Crippen molar-refractivity contribution in [1.29, 1.82) is 0 Å². The molecule has 0 bridgehead atoms. The SMILES string of the molecule is C=C(CC)CC(NCC)C1CN(C)CCCN1C. The molecule has 2 unspecified atom stereocenters. The molecule has 1 fully saturated rings. The van der Waals surface area contributed by atoms with Crippen molar-refractivity contribution in [2.75, 3.05) is 40.3 Å². The van der Waals surface area contributed by atoms with E-state index in [2.05, 4.69) is 49.6 Å². The molecule has 1 saturated heterocycles. The fraction of sp³-hybridized carbons (Fsp3) is 0.867. The van der Waals surface area contributed by atoms with Gasteiger partial charge in [-0.15, -0.1) is 0 Å². The third-order valence-electron chi connectivity index (χ3n) is 4.05. The van der Waals surface area contributed by atoms with E-state index in [4.69, 9.17) is 0 Å². The first kappa shape index (κ1) is 15.7. The van der Waals surface area contributed by atoms with Gasteiger partial charge in [-0.1, -0.05) is 26.0 Å². The van der Waals surface area contributed by atoms with E-state index in [0.29, 0.717) is 12.1 Å². The lowest BCUT2D eigenvalue weighted by Gasteiger charge is -2.35. The Bertz CT molecular complexity index is 252. The van der Waals surface area contributed by atoms with Crippen LogP contribution in [0.4, 0.5) is 0 Å². The molecule has 0 aliphatic carbocycles. The second-order valence-electron chi connectivity index (χ2n) is 5.64. The summed E-state index contributed by atoms with van der Waals surface area (Å²) in [4.78, 5) is 4.99. The van der Waals surface area contributed by atoms with Gasteiger partial charge in [0.1, 0.15) is 0 Å². The second kappa shape index (κ2) is 7.93. The topological polar surface area (TPSA) is 18.5 Å². The molecule has 1 aliphatic rings. The number of hydrogen-bond acceptors (Lipinski definition) is 3. The van der Waals surface area contributed by atoms with Crippen LogP contribution in [0.2, 0.25) is 0 Å². The van der Waals surface area contributed by atoms with Crippen molar-refractivity contribution in [2.45, 2.75) is 45.2 Å². The van der Waals surface area contributed by atoms with Gasteiger partial charge >= 0.3 is 0 Å². The van der Waals surface area contributed by atoms with Crippen LogP contribution in [0.1, 0.15) is 33.1 Å². The lowest BCUT2D eigenvalue weighted by molar-refractivity contribution is 0.177. The lowest BCUT2D eigenvalue weighted by Crippen LogP contribution is -2.52. The van der Waals surface area contributed by atoms with Gasteiger partial charge in [-0.2, -0.15) is 0 Å². The van der Waals surface area contributed by atoms with Crippen LogP contribution >= 0.6 is 0 Å². The molecule has 3 heteroatoms. The molecule has 0 aromatic heterocycles. The van der Waals surface area contributed by atoms with Gasteiger partial charge in [-0.25, -0.2) is 0 Å². The van der Waals surface area contributed by atoms with Crippen LogP contribution in [-0.2, 0) is 0 Å². The Kier molecular flexibility index (Phi) is 6.90. The van der Waals surface area contributed by atoms with E-state index in [-0.39, 0.29) is 0 Å². The van der Waals surface area contributed by atoms with E-state index in [1.165, 1.54) is 25.1 Å². The zero-order chi connectivity index (χ0) is 13.5. The Labute approximate surface area is 113 Å². The smallest absolute Gasteiger partial charge is 0.0376 e. The quantitative estimate of drug-likeness (QED) is 0.730. The van der Waals surface area contributed by atoms with Crippen molar-refractivity contribution in [2.24, 2.45) is 0 Å². The van der Waals surface area contributed by atoms with E-state index in [1.54, 1.807) is 0 Å². The number of nitrogens with one attached hydrogen (secondary N) is 1. The van der Waals surface area contributed by atoms with Gasteiger partial charge in [0.05, 0.1) is 0 Å². The van der Waals surface area contributed by atoms with E-state index in [9.17, 15) is 0 Å². The summed E-state index contributed by atoms with van der Waals surface area (Å²) in [5, 5.41) is 3.67. The van der Waals surface area contributed by atoms with Crippen molar-refractivity contribution in [3.8, 4) is 0 Å². The van der Waals surface area contributed by atoms with Crippen LogP contribution in [0.25, 0.3) is 0 Å². The van der Waals surface area contributed by atoms with Crippen LogP contribution < -0.4 is 5.32 Å². The molecule has 2 atom stereocenters. The number of rotatable bonds is 6. The molecular formula is C15H31N3. The van der Waals surface area contributed by atoms with Crippen molar-refractivity contribution in [3.05, 3.63) is 12.2 Å². The molecule has 0 aromatic carbocycles. The molecule has 0 saturated carbocycles. The molecule has 0 radical (unpaired) electrons. The average Bonchev–Trinajstić information content (AvgIpc) is 2.50. The van der Waals surface area contributed by atoms with E-state index >= 15 is 0 Å². The highest BCUT2D eigenvalue weighted by Crippen LogP contribution is 2.17. The maximum Gasteiger partial charge on any atom is 0.0376 e. The molecule has 0 spiro atoms. The lowest BCUT2D eigenvalue weighted by atomic mass is 9.97. The Morgan fingerprint density at radius 2 is 2.06 bits per heavy atom. The van der Waals surface area contributed by atoms with Crippen LogP contribution in [0.15, 0.2) is 12.2 Å². The summed E-state index contributed by atoms with van der Waals surface area (Å²) in [6.45, 7) is 13.2. The van der Waals surface area contributed by atoms with Crippen molar-refractivity contribution >= 4 is 0 Å². The summed E-state index contributed by atoms with van der Waals surface area (Å²) in [6.07, 6.45) is 3.47. The maximum absolute atomic E-state index is 4.19. The highest BCUT2D eigenvalue weighted by Gasteiger charge is 2.27. The van der Waals surface area contributed by atoms with E-state index in [1.807, 2.05) is 0 Å². The van der Waals surface area contributed by atoms with Gasteiger partial charge < -0.3 is 15.1 Å². The molecule has 0 amide bonds. The zero-order valence-corrected chi connectivity index (χ0v) is 12.7. The summed E-state index contributed by atoms with van der Waals surface area (Å²) in [5.74, 6) is 0. The predicted molar refractivity (Wildman–Crippen MR) is 80.0 cm³/mol. The maximum atomic E-state index is 4.19. The Morgan fingerprint density at radius 3 is 2.67 bits per heavy atom. The Morgan fingerprint density at radius 1 is 1.33 bits per heavy atom. The first-order chi connectivity index (χ1) is 8.58. The van der Waals surface area contributed by atoms with Gasteiger partial charge in [-0.05, 0) is 53.0 Å². The highest BCUT2D eigenvalue weighted by molar-refractivity contribution is 5.01. The minimum absolute atomic E-state index is 0.535. The van der Waals surface area contributed by atoms with Crippen LogP contribution in [0, 0.1) is 0 Å². The number of nitrogens with zero attached hydrogens (tertiary/aromatic N) is 2. The third-order valence-corrected chi connectivity index (χ3v) is 4.05. The zero-order valence-electron chi connectivity index (χ0n) is 12.7. The van der Waals surface area contributed by atoms with E-state index < -0.39 is 0 Å². The fourth-order valence-corrected chi connectivity index (χ4v) is 2.80. The second-order valence-corrected chi connectivity index (χ2v) is 5.64. The normalized spacial score (nSPS) is 24.8. The number of hydrogen-bond donors (Lipinski definition) is 1. The molecule has 1 heterocycles. The molecule has 1 N–H and O–H groups in total. The van der Waals surface area contributed by atoms with Crippen molar-refractivity contribution in [1.82, 2.24) is 15.1 Å². The first-order valence-electron chi connectivity index (χ1n) is 7.37. The molecule has 1 aliphatic heterocycles. The highest BCUT2D eigenvalue weighted by atomic mass is 15.2. The predicted octanol–water partition coefficient (Wildman–Crippen LogP) is 1.96. The summed E-state index contributed by atoms with van der Waals surface area (Å²) < 4.78 is 0. The minimum Gasteiger partial charge on any atom is -0.312 e. The molecule has 1 rings (SSSR count). The third kappa shape index (κ3) is 4.71. The average molecular weight is 253 g/mol. The van der Waals surface area contributed by atoms with Crippen molar-refractivity contribution < 1.29 is 0 Å². The largest absolute Gasteiger partial charge is 0.312 e. The molecule has 3 nitrogen and oxygen atoms in total. The number of likely N-dealkylation sites (N-methyl/N-ethyl adjacent to an activating group) is 3. The summed E-state index contributed by atoms with van der Waals surface area (Å²) in [7, 11) is 4.51. The van der Waals surface area contributed by atoms with Gasteiger partial charge in [-0.3, -0.25) is 0 Å². The minimum atomic E-state index is 0.535. The van der Waals surface area contributed by atoms with Crippen LogP contribution in [0.3, 0.4) is 0 Å². The molecule has 106 valence electrons. The summed E-state index contributed by atoms with van der Waals surface area (Å²) in [5.41, 5.74) is 1.36. The Hall–Kier alpha value is -0.380. The summed E-state index contributed by atoms with van der Waals surface area (Å²) >= 11 is 0. The van der Waals surface area contributed by atoms with Gasteiger partial charge in [0.25, 0.3) is 0 Å². The fourth-order valence-electron chi connectivity index (χ4n) is 2.80. The molecular weight excluding hydrogens is 222 g/mol. The standard InChI is InChI=1S/C15H31N3/c1-6-13(3)11-14(16-7-2)15-12-17(4)9-8-10-18(15)5/h14-16H,3,6-12H2,1-2,4-5H3. The van der Waals surface area contributed by atoms with Gasteiger partial charge in [0, 0.05) is 18.6 Å². The van der Waals surface area contributed by atoms with Crippen molar-refractivity contribution in [3.63, 3.8) is 0 Å². The van der Waals surface area contributed by atoms with Crippen LogP contribution in [0.5, 0.6) is 0 Å². The summed E-state index contributed by atoms with van der Waals surface area (Å²) in [6, 6.07) is 1.13. The monoisotopic (exact) mass is 253 g/mol. The van der Waals surface area contributed by atoms with Gasteiger partial charge in [0.15, 0.2) is 0 Å². The van der Waals surface area contributed by atoms with Gasteiger partial charge in [0.2, 0.25) is 0 Å². The molecule has 0 aromatic rings. The molecule has 18 heavy (non-hydrogen) atoms. The Balaban J connectivity index is 2.70. The first-order valence-corrected chi connectivity index (χ1v) is 7.37. The van der Waals surface area contributed by atoms with Crippen LogP contribution in [-0.4, -0.2) is 62.2 Å². The van der Waals surface area contributed by atoms with E-state index in [0.717, 1.165) is 25.9 Å².